The van der Waals surface area contributed by atoms with Gasteiger partial charge in [-0.2, -0.15) is 0 Å². The molecule has 2 aromatic carbocycles. The molecule has 0 saturated carbocycles. The second-order valence-electron chi connectivity index (χ2n) is 6.20. The van der Waals surface area contributed by atoms with Crippen LogP contribution in [0.3, 0.4) is 0 Å². The zero-order valence-corrected chi connectivity index (χ0v) is 13.8. The minimum absolute atomic E-state index is 0.305. The minimum Gasteiger partial charge on any atom is -0.493 e. The molecule has 0 aliphatic carbocycles. The number of benzene rings is 2. The number of rotatable bonds is 4. The molecule has 0 spiro atoms. The highest BCUT2D eigenvalue weighted by molar-refractivity contribution is 5.57. The van der Waals surface area contributed by atoms with E-state index in [2.05, 4.69) is 42.6 Å². The largest absolute Gasteiger partial charge is 0.493 e. The van der Waals surface area contributed by atoms with Gasteiger partial charge in [-0.25, -0.2) is 0 Å². The van der Waals surface area contributed by atoms with Gasteiger partial charge in [0, 0.05) is 23.6 Å². The van der Waals surface area contributed by atoms with Gasteiger partial charge in [-0.05, 0) is 24.6 Å². The Morgan fingerprint density at radius 2 is 1.88 bits per heavy atom. The Hall–Kier alpha value is -2.52. The molecular formula is C21H21NO2. The van der Waals surface area contributed by atoms with E-state index in [1.165, 1.54) is 11.1 Å². The second-order valence-corrected chi connectivity index (χ2v) is 6.20. The van der Waals surface area contributed by atoms with Crippen LogP contribution >= 0.6 is 0 Å². The highest BCUT2D eigenvalue weighted by Crippen LogP contribution is 2.34. The highest BCUT2D eigenvalue weighted by atomic mass is 16.5. The van der Waals surface area contributed by atoms with Gasteiger partial charge in [-0.3, -0.25) is 0 Å². The molecule has 1 aliphatic heterocycles. The van der Waals surface area contributed by atoms with E-state index in [1.807, 2.05) is 30.3 Å². The summed E-state index contributed by atoms with van der Waals surface area (Å²) in [4.78, 5) is 0. The predicted molar refractivity (Wildman–Crippen MR) is 95.0 cm³/mol. The fourth-order valence-corrected chi connectivity index (χ4v) is 3.25. The lowest BCUT2D eigenvalue weighted by Gasteiger charge is -2.27. The third-order valence-corrected chi connectivity index (χ3v) is 4.51. The molecule has 0 amide bonds. The number of ether oxygens (including phenoxy) is 1. The number of nitrogens with one attached hydrogen (secondary N) is 1. The van der Waals surface area contributed by atoms with E-state index in [1.54, 1.807) is 0 Å². The molecule has 1 N–H and O–H groups in total. The van der Waals surface area contributed by atoms with Gasteiger partial charge in [0.2, 0.25) is 0 Å². The maximum Gasteiger partial charge on any atom is 0.134 e. The van der Waals surface area contributed by atoms with Crippen LogP contribution in [-0.4, -0.2) is 6.61 Å². The van der Waals surface area contributed by atoms with Gasteiger partial charge in [0.05, 0.1) is 13.2 Å². The van der Waals surface area contributed by atoms with Crippen molar-refractivity contribution < 1.29 is 9.15 Å². The fourth-order valence-electron chi connectivity index (χ4n) is 3.25. The van der Waals surface area contributed by atoms with Crippen molar-refractivity contribution >= 4 is 0 Å². The monoisotopic (exact) mass is 319 g/mol. The maximum absolute atomic E-state index is 5.98. The summed E-state index contributed by atoms with van der Waals surface area (Å²) in [6, 6.07) is 20.9. The summed E-state index contributed by atoms with van der Waals surface area (Å²) in [5.41, 5.74) is 3.55. The smallest absolute Gasteiger partial charge is 0.134 e. The van der Waals surface area contributed by atoms with Crippen LogP contribution < -0.4 is 10.1 Å². The second kappa shape index (κ2) is 6.54. The highest BCUT2D eigenvalue weighted by Gasteiger charge is 2.22. The Morgan fingerprint density at radius 3 is 2.75 bits per heavy atom. The first kappa shape index (κ1) is 15.0. The molecule has 3 nitrogen and oxygen atoms in total. The van der Waals surface area contributed by atoms with Crippen LogP contribution in [0.4, 0.5) is 0 Å². The van der Waals surface area contributed by atoms with Crippen LogP contribution in [0.25, 0.3) is 11.3 Å². The first-order chi connectivity index (χ1) is 11.8. The number of para-hydroxylation sites is 1. The first-order valence-corrected chi connectivity index (χ1v) is 8.41. The van der Waals surface area contributed by atoms with E-state index < -0.39 is 0 Å². The predicted octanol–water partition coefficient (Wildman–Crippen LogP) is 4.87. The van der Waals surface area contributed by atoms with Crippen molar-refractivity contribution in [2.75, 3.05) is 6.61 Å². The summed E-state index contributed by atoms with van der Waals surface area (Å²) >= 11 is 0. The molecule has 0 fully saturated rings. The topological polar surface area (TPSA) is 34.4 Å². The van der Waals surface area contributed by atoms with E-state index in [0.29, 0.717) is 12.6 Å². The molecule has 0 radical (unpaired) electrons. The average molecular weight is 319 g/mol. The van der Waals surface area contributed by atoms with Crippen molar-refractivity contribution in [3.63, 3.8) is 0 Å². The lowest BCUT2D eigenvalue weighted by molar-refractivity contribution is 0.248. The Morgan fingerprint density at radius 1 is 1.00 bits per heavy atom. The number of aryl methyl sites for hydroxylation is 1. The third-order valence-electron chi connectivity index (χ3n) is 4.51. The Bertz CT molecular complexity index is 823. The zero-order chi connectivity index (χ0) is 16.4. The SMILES string of the molecule is Cc1cccc2c1OCCC2NCc1ccc(-c2ccccc2)o1. The van der Waals surface area contributed by atoms with Crippen LogP contribution in [0.2, 0.25) is 0 Å². The quantitative estimate of drug-likeness (QED) is 0.745. The Labute approximate surface area is 142 Å². The van der Waals surface area contributed by atoms with E-state index in [0.717, 1.165) is 35.9 Å². The summed E-state index contributed by atoms with van der Waals surface area (Å²) < 4.78 is 11.8. The van der Waals surface area contributed by atoms with Crippen molar-refractivity contribution in [3.8, 4) is 17.1 Å². The van der Waals surface area contributed by atoms with Crippen LogP contribution in [0, 0.1) is 6.92 Å². The summed E-state index contributed by atoms with van der Waals surface area (Å²) in [6.07, 6.45) is 0.975. The van der Waals surface area contributed by atoms with Crippen molar-refractivity contribution in [1.82, 2.24) is 5.32 Å². The molecule has 3 heteroatoms. The van der Waals surface area contributed by atoms with Gasteiger partial charge in [0.15, 0.2) is 0 Å². The van der Waals surface area contributed by atoms with Gasteiger partial charge in [0.25, 0.3) is 0 Å². The molecular weight excluding hydrogens is 298 g/mol. The van der Waals surface area contributed by atoms with Gasteiger partial charge in [-0.1, -0.05) is 48.5 Å². The minimum atomic E-state index is 0.305. The fraction of sp³-hybridized carbons (Fsp3) is 0.238. The summed E-state index contributed by atoms with van der Waals surface area (Å²) in [5, 5.41) is 3.61. The van der Waals surface area contributed by atoms with Gasteiger partial charge >= 0.3 is 0 Å². The molecule has 3 aromatic rings. The summed E-state index contributed by atoms with van der Waals surface area (Å²) in [6.45, 7) is 3.56. The number of furan rings is 1. The van der Waals surface area contributed by atoms with E-state index in [4.69, 9.17) is 9.15 Å². The molecule has 24 heavy (non-hydrogen) atoms. The summed E-state index contributed by atoms with van der Waals surface area (Å²) in [7, 11) is 0. The van der Waals surface area contributed by atoms with E-state index in [9.17, 15) is 0 Å². The molecule has 1 atom stereocenters. The van der Waals surface area contributed by atoms with E-state index in [-0.39, 0.29) is 0 Å². The summed E-state index contributed by atoms with van der Waals surface area (Å²) in [5.74, 6) is 2.90. The van der Waals surface area contributed by atoms with E-state index >= 15 is 0 Å². The van der Waals surface area contributed by atoms with Crippen LogP contribution in [-0.2, 0) is 6.54 Å². The standard InChI is InChI=1S/C21H21NO2/c1-15-6-5-9-18-19(12-13-23-21(15)18)22-14-17-10-11-20(24-17)16-7-3-2-4-8-16/h2-11,19,22H,12-14H2,1H3. The van der Waals surface area contributed by atoms with Crippen molar-refractivity contribution in [2.24, 2.45) is 0 Å². The molecule has 1 unspecified atom stereocenters. The van der Waals surface area contributed by atoms with Crippen molar-refractivity contribution in [3.05, 3.63) is 77.6 Å². The number of fused-ring (bicyclic) bond motifs is 1. The molecule has 0 bridgehead atoms. The first-order valence-electron chi connectivity index (χ1n) is 8.41. The average Bonchev–Trinajstić information content (AvgIpc) is 3.10. The lowest BCUT2D eigenvalue weighted by atomic mass is 9.98. The Kier molecular flexibility index (Phi) is 4.09. The van der Waals surface area contributed by atoms with Gasteiger partial charge in [-0.15, -0.1) is 0 Å². The third kappa shape index (κ3) is 2.95. The lowest BCUT2D eigenvalue weighted by Crippen LogP contribution is -2.27. The number of hydrogen-bond acceptors (Lipinski definition) is 3. The molecule has 2 heterocycles. The molecule has 0 saturated heterocycles. The van der Waals surface area contributed by atoms with Crippen LogP contribution in [0.5, 0.6) is 5.75 Å². The molecule has 122 valence electrons. The van der Waals surface area contributed by atoms with Crippen LogP contribution in [0.15, 0.2) is 65.1 Å². The van der Waals surface area contributed by atoms with Crippen LogP contribution in [0.1, 0.15) is 29.3 Å². The zero-order valence-electron chi connectivity index (χ0n) is 13.8. The van der Waals surface area contributed by atoms with Crippen molar-refractivity contribution in [1.29, 1.82) is 0 Å². The Balaban J connectivity index is 1.47. The van der Waals surface area contributed by atoms with Crippen molar-refractivity contribution in [2.45, 2.75) is 25.9 Å². The molecule has 1 aliphatic rings. The molecule has 1 aromatic heterocycles. The number of hydrogen-bond donors (Lipinski definition) is 1. The van der Waals surface area contributed by atoms with Gasteiger partial charge < -0.3 is 14.5 Å². The van der Waals surface area contributed by atoms with Gasteiger partial charge in [0.1, 0.15) is 17.3 Å². The normalized spacial score (nSPS) is 16.5. The maximum atomic E-state index is 5.98. The molecule has 4 rings (SSSR count).